The maximum atomic E-state index is 12.8. The molecule has 220 valence electrons. The molecule has 5 rings (SSSR count). The van der Waals surface area contributed by atoms with Crippen LogP contribution in [0.15, 0.2) is 65.6 Å². The van der Waals surface area contributed by atoms with Gasteiger partial charge in [-0.05, 0) is 88.6 Å². The lowest BCUT2D eigenvalue weighted by atomic mass is 10.2. The van der Waals surface area contributed by atoms with Crippen molar-refractivity contribution in [2.45, 2.75) is 51.7 Å². The SMILES string of the molecule is C=N/C(=C\C(=C)C1CC1)NC(=O)c1ccc(Oc2ccnc3c2c(NC2CCN(C(=O)OC(C)(C)C)C2)nn3C)cc1. The summed E-state index contributed by atoms with van der Waals surface area (Å²) < 4.78 is 13.5. The summed E-state index contributed by atoms with van der Waals surface area (Å²) in [6, 6.07) is 8.60. The summed E-state index contributed by atoms with van der Waals surface area (Å²) in [5.74, 6) is 2.28. The van der Waals surface area contributed by atoms with Gasteiger partial charge in [-0.1, -0.05) is 6.58 Å². The van der Waals surface area contributed by atoms with E-state index >= 15 is 0 Å². The van der Waals surface area contributed by atoms with E-state index in [9.17, 15) is 9.59 Å². The van der Waals surface area contributed by atoms with Crippen LogP contribution in [-0.4, -0.2) is 63.1 Å². The Hall–Kier alpha value is -4.67. The van der Waals surface area contributed by atoms with Crippen LogP contribution in [0.1, 0.15) is 50.4 Å². The summed E-state index contributed by atoms with van der Waals surface area (Å²) in [6.45, 7) is 14.3. The zero-order valence-electron chi connectivity index (χ0n) is 24.5. The summed E-state index contributed by atoms with van der Waals surface area (Å²) in [6.07, 6.45) is 6.10. The van der Waals surface area contributed by atoms with Crippen LogP contribution >= 0.6 is 0 Å². The van der Waals surface area contributed by atoms with Crippen LogP contribution < -0.4 is 15.4 Å². The highest BCUT2D eigenvalue weighted by Crippen LogP contribution is 2.37. The first kappa shape index (κ1) is 28.8. The third kappa shape index (κ3) is 6.79. The molecule has 0 spiro atoms. The number of anilines is 1. The van der Waals surface area contributed by atoms with Crippen molar-refractivity contribution in [2.75, 3.05) is 18.4 Å². The molecule has 2 N–H and O–H groups in total. The van der Waals surface area contributed by atoms with Gasteiger partial charge in [0.05, 0.1) is 0 Å². The zero-order chi connectivity index (χ0) is 30.0. The molecule has 42 heavy (non-hydrogen) atoms. The molecular weight excluding hydrogens is 534 g/mol. The van der Waals surface area contributed by atoms with Crippen LogP contribution in [0.25, 0.3) is 11.0 Å². The molecule has 11 nitrogen and oxygen atoms in total. The molecule has 2 fully saturated rings. The van der Waals surface area contributed by atoms with Crippen molar-refractivity contribution in [2.24, 2.45) is 18.0 Å². The minimum Gasteiger partial charge on any atom is -0.456 e. The molecule has 1 unspecified atom stereocenters. The fraction of sp³-hybridized carbons (Fsp3) is 0.387. The number of benzene rings is 1. The molecule has 1 aliphatic heterocycles. The number of pyridine rings is 1. The van der Waals surface area contributed by atoms with E-state index in [4.69, 9.17) is 9.47 Å². The average molecular weight is 572 g/mol. The highest BCUT2D eigenvalue weighted by Gasteiger charge is 2.31. The predicted molar refractivity (Wildman–Crippen MR) is 162 cm³/mol. The summed E-state index contributed by atoms with van der Waals surface area (Å²) >= 11 is 0. The normalized spacial score (nSPS) is 17.2. The van der Waals surface area contributed by atoms with Crippen LogP contribution in [0.5, 0.6) is 11.5 Å². The molecule has 1 atom stereocenters. The minimum atomic E-state index is -0.548. The number of hydrogen-bond donors (Lipinski definition) is 2. The number of aromatic nitrogens is 3. The van der Waals surface area contributed by atoms with Gasteiger partial charge in [0, 0.05) is 44.0 Å². The number of nitrogens with one attached hydrogen (secondary N) is 2. The zero-order valence-corrected chi connectivity index (χ0v) is 24.5. The minimum absolute atomic E-state index is 0.00749. The highest BCUT2D eigenvalue weighted by molar-refractivity contribution is 5.96. The van der Waals surface area contributed by atoms with Gasteiger partial charge in [0.1, 0.15) is 28.3 Å². The number of likely N-dealkylation sites (tertiary alicyclic amines) is 1. The second-order valence-electron chi connectivity index (χ2n) is 11.7. The monoisotopic (exact) mass is 571 g/mol. The van der Waals surface area contributed by atoms with E-state index in [2.05, 4.69) is 39.0 Å². The van der Waals surface area contributed by atoms with E-state index in [0.717, 1.165) is 30.2 Å². The second kappa shape index (κ2) is 11.7. The lowest BCUT2D eigenvalue weighted by Gasteiger charge is -2.24. The van der Waals surface area contributed by atoms with Gasteiger partial charge in [-0.3, -0.25) is 4.79 Å². The van der Waals surface area contributed by atoms with E-state index in [0.29, 0.717) is 53.4 Å². The number of ether oxygens (including phenoxy) is 2. The maximum Gasteiger partial charge on any atom is 0.410 e. The number of carbonyl (C=O) groups excluding carboxylic acids is 2. The first-order valence-corrected chi connectivity index (χ1v) is 14.0. The van der Waals surface area contributed by atoms with Gasteiger partial charge in [-0.15, -0.1) is 0 Å². The number of aryl methyl sites for hydroxylation is 1. The molecule has 2 aromatic heterocycles. The first-order valence-electron chi connectivity index (χ1n) is 14.0. The van der Waals surface area contributed by atoms with E-state index < -0.39 is 5.60 Å². The molecular formula is C31H37N7O4. The highest BCUT2D eigenvalue weighted by atomic mass is 16.6. The molecule has 1 aliphatic carbocycles. The molecule has 1 saturated heterocycles. The Bertz CT molecular complexity index is 1550. The topological polar surface area (TPSA) is 123 Å². The van der Waals surface area contributed by atoms with E-state index in [1.165, 1.54) is 0 Å². The standard InChI is InChI=1S/C31H37N7O4/c1-19(20-7-8-20)17-25(32-5)35-29(39)21-9-11-23(12-10-21)41-24-13-15-33-28-26(24)27(36-37(28)6)34-22-14-16-38(18-22)30(40)42-31(2,3)4/h9-13,15,17,20,22H,1,5,7-8,14,16,18H2,2-4,6H3,(H,34,36)(H,35,39)/b25-17+. The number of hydrogen-bond acceptors (Lipinski definition) is 8. The van der Waals surface area contributed by atoms with Gasteiger partial charge >= 0.3 is 6.09 Å². The van der Waals surface area contributed by atoms with Crippen molar-refractivity contribution in [3.8, 4) is 11.5 Å². The second-order valence-corrected chi connectivity index (χ2v) is 11.7. The van der Waals surface area contributed by atoms with Gasteiger partial charge in [0.2, 0.25) is 0 Å². The lowest BCUT2D eigenvalue weighted by Crippen LogP contribution is -2.36. The summed E-state index contributed by atoms with van der Waals surface area (Å²) in [7, 11) is 1.82. The van der Waals surface area contributed by atoms with Crippen molar-refractivity contribution in [1.29, 1.82) is 0 Å². The molecule has 1 aromatic carbocycles. The smallest absolute Gasteiger partial charge is 0.410 e. The van der Waals surface area contributed by atoms with Crippen LogP contribution in [0, 0.1) is 5.92 Å². The number of rotatable bonds is 9. The van der Waals surface area contributed by atoms with E-state index in [-0.39, 0.29) is 18.0 Å². The summed E-state index contributed by atoms with van der Waals surface area (Å²) in [5, 5.41) is 11.6. The summed E-state index contributed by atoms with van der Waals surface area (Å²) in [4.78, 5) is 35.4. The number of fused-ring (bicyclic) bond motifs is 1. The van der Waals surface area contributed by atoms with Gasteiger partial charge in [0.15, 0.2) is 11.5 Å². The Kier molecular flexibility index (Phi) is 8.02. The first-order chi connectivity index (χ1) is 20.0. The molecule has 2 aliphatic rings. The van der Waals surface area contributed by atoms with Crippen molar-refractivity contribution in [1.82, 2.24) is 25.0 Å². The van der Waals surface area contributed by atoms with Gasteiger partial charge in [-0.2, -0.15) is 5.10 Å². The van der Waals surface area contributed by atoms with Gasteiger partial charge < -0.3 is 25.0 Å². The summed E-state index contributed by atoms with van der Waals surface area (Å²) in [5.41, 5.74) is 1.50. The number of allylic oxidation sites excluding steroid dienone is 2. The molecule has 3 heterocycles. The van der Waals surface area contributed by atoms with Crippen molar-refractivity contribution in [3.63, 3.8) is 0 Å². The van der Waals surface area contributed by atoms with Gasteiger partial charge in [-0.25, -0.2) is 19.5 Å². The quantitative estimate of drug-likeness (QED) is 0.260. The third-order valence-electron chi connectivity index (χ3n) is 7.05. The number of aliphatic imine (C=N–C) groups is 1. The molecule has 2 amide bonds. The van der Waals surface area contributed by atoms with Crippen LogP contribution in [0.3, 0.4) is 0 Å². The van der Waals surface area contributed by atoms with E-state index in [1.54, 1.807) is 52.2 Å². The Morgan fingerprint density at radius 1 is 1.14 bits per heavy atom. The molecule has 1 saturated carbocycles. The molecule has 11 heteroatoms. The fourth-order valence-corrected chi connectivity index (χ4v) is 4.76. The van der Waals surface area contributed by atoms with E-state index in [1.807, 2.05) is 27.8 Å². The Balaban J connectivity index is 1.28. The fourth-order valence-electron chi connectivity index (χ4n) is 4.76. The number of amides is 2. The molecule has 0 radical (unpaired) electrons. The Morgan fingerprint density at radius 2 is 1.88 bits per heavy atom. The van der Waals surface area contributed by atoms with Crippen LogP contribution in [0.4, 0.5) is 10.6 Å². The molecule has 3 aromatic rings. The maximum absolute atomic E-state index is 12.8. The Morgan fingerprint density at radius 3 is 2.55 bits per heavy atom. The largest absolute Gasteiger partial charge is 0.456 e. The number of carbonyl (C=O) groups is 2. The molecule has 0 bridgehead atoms. The third-order valence-corrected chi connectivity index (χ3v) is 7.05. The van der Waals surface area contributed by atoms with Crippen LogP contribution in [-0.2, 0) is 11.8 Å². The average Bonchev–Trinajstić information content (AvgIpc) is 3.61. The van der Waals surface area contributed by atoms with Crippen LogP contribution in [0.2, 0.25) is 0 Å². The van der Waals surface area contributed by atoms with Crippen molar-refractivity contribution >= 4 is 35.6 Å². The Labute approximate surface area is 245 Å². The van der Waals surface area contributed by atoms with Gasteiger partial charge in [0.25, 0.3) is 5.91 Å². The lowest BCUT2D eigenvalue weighted by molar-refractivity contribution is 0.0293. The van der Waals surface area contributed by atoms with Crippen molar-refractivity contribution < 1.29 is 19.1 Å². The predicted octanol–water partition coefficient (Wildman–Crippen LogP) is 5.42. The number of nitrogens with zero attached hydrogens (tertiary/aromatic N) is 5. The van der Waals surface area contributed by atoms with Crippen molar-refractivity contribution in [3.05, 3.63) is 66.1 Å².